The minimum Gasteiger partial charge on any atom is -0.355 e. The molecule has 2 rings (SSSR count). The van der Waals surface area contributed by atoms with Gasteiger partial charge in [0, 0.05) is 11.7 Å². The maximum absolute atomic E-state index is 5.99. The first-order valence-electron chi connectivity index (χ1n) is 4.52. The molecule has 72 valence electrons. The van der Waals surface area contributed by atoms with Gasteiger partial charge in [0.25, 0.3) is 0 Å². The van der Waals surface area contributed by atoms with Gasteiger partial charge in [0.15, 0.2) is 0 Å². The molecule has 0 amide bonds. The Morgan fingerprint density at radius 3 is 2.85 bits per heavy atom. The van der Waals surface area contributed by atoms with Gasteiger partial charge in [-0.3, -0.25) is 0 Å². The van der Waals surface area contributed by atoms with Gasteiger partial charge in [0.1, 0.15) is 0 Å². The third kappa shape index (κ3) is 1.75. The van der Waals surface area contributed by atoms with E-state index in [4.69, 9.17) is 11.6 Å². The second-order valence-corrected chi connectivity index (χ2v) is 5.29. The van der Waals surface area contributed by atoms with Crippen molar-refractivity contribution < 1.29 is 0 Å². The summed E-state index contributed by atoms with van der Waals surface area (Å²) in [7, 11) is 0. The van der Waals surface area contributed by atoms with E-state index in [0.29, 0.717) is 10.9 Å². The van der Waals surface area contributed by atoms with Crippen molar-refractivity contribution in [2.45, 2.75) is 30.7 Å². The summed E-state index contributed by atoms with van der Waals surface area (Å²) >= 11 is 7.85. The van der Waals surface area contributed by atoms with Crippen LogP contribution in [-0.2, 0) is 0 Å². The molecule has 1 saturated carbocycles. The molecule has 1 aliphatic heterocycles. The molecule has 1 atom stereocenters. The van der Waals surface area contributed by atoms with Crippen LogP contribution in [0.2, 0.25) is 0 Å². The highest BCUT2D eigenvalue weighted by molar-refractivity contribution is 7.99. The molecule has 0 saturated heterocycles. The maximum Gasteiger partial charge on any atom is 0.0936 e. The quantitative estimate of drug-likeness (QED) is 0.696. The summed E-state index contributed by atoms with van der Waals surface area (Å²) < 4.78 is 0. The van der Waals surface area contributed by atoms with Gasteiger partial charge in [-0.25, -0.2) is 0 Å². The Hall–Kier alpha value is -0.0800. The average molecular weight is 216 g/mol. The Labute approximate surface area is 88.8 Å². The normalized spacial score (nSPS) is 30.2. The molecular weight excluding hydrogens is 202 g/mol. The van der Waals surface area contributed by atoms with Crippen LogP contribution in [0.15, 0.2) is 23.4 Å². The van der Waals surface area contributed by atoms with Crippen molar-refractivity contribution in [2.24, 2.45) is 0 Å². The number of allylic oxidation sites excluding steroid dienone is 2. The van der Waals surface area contributed by atoms with Gasteiger partial charge in [-0.05, 0) is 32.1 Å². The molecule has 1 fully saturated rings. The lowest BCUT2D eigenvalue weighted by atomic mass is 10.2. The maximum atomic E-state index is 5.99. The van der Waals surface area contributed by atoms with Crippen molar-refractivity contribution in [1.29, 1.82) is 0 Å². The Morgan fingerprint density at radius 2 is 2.31 bits per heavy atom. The Morgan fingerprint density at radius 1 is 1.62 bits per heavy atom. The van der Waals surface area contributed by atoms with Crippen molar-refractivity contribution in [3.8, 4) is 0 Å². The fourth-order valence-electron chi connectivity index (χ4n) is 1.61. The Bertz CT molecular complexity index is 268. The number of thioether (sulfide) groups is 1. The number of nitrogens with zero attached hydrogens (tertiary/aromatic N) is 1. The van der Waals surface area contributed by atoms with E-state index in [1.54, 1.807) is 0 Å². The topological polar surface area (TPSA) is 3.24 Å². The summed E-state index contributed by atoms with van der Waals surface area (Å²) in [5.41, 5.74) is 0.374. The van der Waals surface area contributed by atoms with Crippen molar-refractivity contribution >= 4 is 23.4 Å². The van der Waals surface area contributed by atoms with Crippen LogP contribution in [0.5, 0.6) is 0 Å². The van der Waals surface area contributed by atoms with E-state index in [0.717, 1.165) is 5.03 Å². The summed E-state index contributed by atoms with van der Waals surface area (Å²) in [6, 6.07) is 0. The van der Waals surface area contributed by atoms with Crippen LogP contribution in [0.4, 0.5) is 0 Å². The zero-order valence-corrected chi connectivity index (χ0v) is 9.53. The average Bonchev–Trinajstić information content (AvgIpc) is 2.85. The molecule has 1 heterocycles. The highest BCUT2D eigenvalue weighted by Gasteiger charge is 2.44. The van der Waals surface area contributed by atoms with Crippen LogP contribution >= 0.6 is 23.4 Å². The van der Waals surface area contributed by atoms with E-state index < -0.39 is 0 Å². The molecule has 1 aliphatic carbocycles. The van der Waals surface area contributed by atoms with Crippen LogP contribution < -0.4 is 0 Å². The van der Waals surface area contributed by atoms with E-state index in [9.17, 15) is 0 Å². The van der Waals surface area contributed by atoms with Gasteiger partial charge < -0.3 is 4.90 Å². The smallest absolute Gasteiger partial charge is 0.0936 e. The van der Waals surface area contributed by atoms with Gasteiger partial charge in [0.05, 0.1) is 10.4 Å². The minimum atomic E-state index is 0.374. The van der Waals surface area contributed by atoms with Gasteiger partial charge in [-0.2, -0.15) is 0 Å². The highest BCUT2D eigenvalue weighted by atomic mass is 35.5. The Kier molecular flexibility index (Phi) is 2.37. The number of halogens is 1. The lowest BCUT2D eigenvalue weighted by Crippen LogP contribution is -2.37. The monoisotopic (exact) mass is 215 g/mol. The molecule has 0 aromatic carbocycles. The lowest BCUT2D eigenvalue weighted by Gasteiger charge is -2.35. The highest BCUT2D eigenvalue weighted by Crippen LogP contribution is 2.45. The van der Waals surface area contributed by atoms with Crippen LogP contribution in [0, 0.1) is 0 Å². The first-order chi connectivity index (χ1) is 6.15. The molecular formula is C10H14ClNS. The largest absolute Gasteiger partial charge is 0.355 e. The van der Waals surface area contributed by atoms with Crippen LogP contribution in [0.3, 0.4) is 0 Å². The first kappa shape index (κ1) is 9.47. The van der Waals surface area contributed by atoms with Gasteiger partial charge in [0.2, 0.25) is 0 Å². The Balaban J connectivity index is 2.19. The van der Waals surface area contributed by atoms with Crippen molar-refractivity contribution in [3.63, 3.8) is 0 Å². The third-order valence-corrected chi connectivity index (χ3v) is 3.89. The number of hydrogen-bond acceptors (Lipinski definition) is 2. The minimum absolute atomic E-state index is 0.374. The molecule has 13 heavy (non-hydrogen) atoms. The molecule has 0 aromatic rings. The van der Waals surface area contributed by atoms with Crippen molar-refractivity contribution in [3.05, 3.63) is 23.4 Å². The van der Waals surface area contributed by atoms with Crippen LogP contribution in [0.1, 0.15) is 19.8 Å². The van der Waals surface area contributed by atoms with Crippen LogP contribution in [-0.4, -0.2) is 22.1 Å². The summed E-state index contributed by atoms with van der Waals surface area (Å²) in [6.45, 7) is 2.30. The predicted molar refractivity (Wildman–Crippen MR) is 59.9 cm³/mol. The van der Waals surface area contributed by atoms with Crippen LogP contribution in [0.25, 0.3) is 0 Å². The summed E-state index contributed by atoms with van der Waals surface area (Å²) in [4.78, 5) is 2.39. The molecule has 0 spiro atoms. The third-order valence-electron chi connectivity index (χ3n) is 2.80. The summed E-state index contributed by atoms with van der Waals surface area (Å²) in [5, 5.41) is 1.31. The lowest BCUT2D eigenvalue weighted by molar-refractivity contribution is 0.279. The SMILES string of the molecule is CSC1C=CC(Cl)=CN1C1(C)CC1. The molecule has 0 N–H and O–H groups in total. The fraction of sp³-hybridized carbons (Fsp3) is 0.600. The summed E-state index contributed by atoms with van der Waals surface area (Å²) in [5.74, 6) is 0. The summed E-state index contributed by atoms with van der Waals surface area (Å²) in [6.07, 6.45) is 11.0. The molecule has 0 radical (unpaired) electrons. The standard InChI is InChI=1S/C10H14ClNS/c1-10(5-6-10)12-7-8(11)3-4-9(12)13-2/h3-4,7,9H,5-6H2,1-2H3. The first-order valence-corrected chi connectivity index (χ1v) is 6.19. The van der Waals surface area contributed by atoms with Crippen molar-refractivity contribution in [2.75, 3.05) is 6.26 Å². The van der Waals surface area contributed by atoms with E-state index >= 15 is 0 Å². The second-order valence-electron chi connectivity index (χ2n) is 3.90. The fourth-order valence-corrected chi connectivity index (χ4v) is 2.57. The number of rotatable bonds is 2. The molecule has 3 heteroatoms. The zero-order valence-electron chi connectivity index (χ0n) is 7.96. The second kappa shape index (κ2) is 3.25. The predicted octanol–water partition coefficient (Wildman–Crippen LogP) is 3.18. The van der Waals surface area contributed by atoms with E-state index in [1.807, 2.05) is 17.8 Å². The van der Waals surface area contributed by atoms with E-state index in [1.165, 1.54) is 12.8 Å². The molecule has 0 bridgehead atoms. The van der Waals surface area contributed by atoms with E-state index in [-0.39, 0.29) is 0 Å². The molecule has 2 aliphatic rings. The molecule has 1 nitrogen and oxygen atoms in total. The van der Waals surface area contributed by atoms with Gasteiger partial charge in [-0.15, -0.1) is 11.8 Å². The van der Waals surface area contributed by atoms with E-state index in [2.05, 4.69) is 30.4 Å². The molecule has 1 unspecified atom stereocenters. The van der Waals surface area contributed by atoms with Gasteiger partial charge >= 0.3 is 0 Å². The zero-order chi connectivity index (χ0) is 9.47. The van der Waals surface area contributed by atoms with Crippen molar-refractivity contribution in [1.82, 2.24) is 4.90 Å². The van der Waals surface area contributed by atoms with Gasteiger partial charge in [-0.1, -0.05) is 17.7 Å². The molecule has 0 aromatic heterocycles. The number of hydrogen-bond donors (Lipinski definition) is 0.